The number of aliphatic hydroxyl groups excluding tert-OH is 1. The molecule has 0 bridgehead atoms. The van der Waals surface area contributed by atoms with Gasteiger partial charge in [0.25, 0.3) is 0 Å². The van der Waals surface area contributed by atoms with Crippen LogP contribution in [0.1, 0.15) is 5.56 Å². The Balaban J connectivity index is 2.35. The molecule has 1 aromatic rings. The van der Waals surface area contributed by atoms with Gasteiger partial charge in [0, 0.05) is 0 Å². The van der Waals surface area contributed by atoms with Crippen molar-refractivity contribution in [3.63, 3.8) is 0 Å². The molecule has 19 heavy (non-hydrogen) atoms. The van der Waals surface area contributed by atoms with E-state index in [9.17, 15) is 14.7 Å². The first kappa shape index (κ1) is 15.5. The van der Waals surface area contributed by atoms with Crippen molar-refractivity contribution in [2.75, 3.05) is 18.1 Å². The number of carboxylic acid groups (broad SMARTS) is 1. The summed E-state index contributed by atoms with van der Waals surface area (Å²) in [5.74, 6) is -1.23. The smallest absolute Gasteiger partial charge is 0.313 e. The molecule has 0 aliphatic heterocycles. The van der Waals surface area contributed by atoms with Crippen molar-refractivity contribution in [3.8, 4) is 0 Å². The summed E-state index contributed by atoms with van der Waals surface area (Å²) in [5.41, 5.74) is 1.03. The maximum atomic E-state index is 11.5. The summed E-state index contributed by atoms with van der Waals surface area (Å²) in [7, 11) is 0. The molecule has 0 saturated heterocycles. The van der Waals surface area contributed by atoms with Gasteiger partial charge in [-0.2, -0.15) is 0 Å². The van der Waals surface area contributed by atoms with Crippen LogP contribution in [-0.2, 0) is 16.0 Å². The van der Waals surface area contributed by atoms with Gasteiger partial charge < -0.3 is 15.5 Å². The quantitative estimate of drug-likeness (QED) is 0.647. The number of amides is 1. The third kappa shape index (κ3) is 6.83. The Morgan fingerprint density at radius 3 is 2.47 bits per heavy atom. The number of nitrogens with one attached hydrogen (secondary N) is 1. The number of thioether (sulfide) groups is 1. The highest BCUT2D eigenvalue weighted by molar-refractivity contribution is 8.00. The number of carbonyl (C=O) groups excluding carboxylic acids is 1. The van der Waals surface area contributed by atoms with Gasteiger partial charge in [-0.05, 0) is 12.0 Å². The van der Waals surface area contributed by atoms with E-state index in [-0.39, 0.29) is 30.1 Å². The van der Waals surface area contributed by atoms with Gasteiger partial charge >= 0.3 is 5.97 Å². The maximum absolute atomic E-state index is 11.5. The summed E-state index contributed by atoms with van der Waals surface area (Å²) in [6, 6.07) is 9.20. The molecule has 1 aromatic carbocycles. The van der Waals surface area contributed by atoms with Crippen LogP contribution in [0.3, 0.4) is 0 Å². The molecule has 1 rings (SSSR count). The molecule has 0 aliphatic carbocycles. The van der Waals surface area contributed by atoms with E-state index in [1.54, 1.807) is 0 Å². The highest BCUT2D eigenvalue weighted by Gasteiger charge is 2.12. The van der Waals surface area contributed by atoms with Crippen LogP contribution in [0.2, 0.25) is 0 Å². The van der Waals surface area contributed by atoms with E-state index in [1.165, 1.54) is 0 Å². The van der Waals surface area contributed by atoms with Crippen molar-refractivity contribution in [2.45, 2.75) is 12.5 Å². The molecule has 0 unspecified atom stereocenters. The normalized spacial score (nSPS) is 11.8. The topological polar surface area (TPSA) is 86.6 Å². The van der Waals surface area contributed by atoms with Gasteiger partial charge in [-0.1, -0.05) is 30.3 Å². The van der Waals surface area contributed by atoms with Crippen LogP contribution >= 0.6 is 11.8 Å². The summed E-state index contributed by atoms with van der Waals surface area (Å²) in [6.07, 6.45) is 0.548. The van der Waals surface area contributed by atoms with Crippen LogP contribution < -0.4 is 5.32 Å². The standard InChI is InChI=1S/C13H17NO4S/c15-7-11(6-10-4-2-1-3-5-10)14-12(16)8-19-9-13(17)18/h1-5,11,15H,6-9H2,(H,14,16)(H,17,18)/t11-/m0/s1. The molecule has 0 saturated carbocycles. The lowest BCUT2D eigenvalue weighted by Gasteiger charge is -2.16. The van der Waals surface area contributed by atoms with Gasteiger partial charge in [-0.3, -0.25) is 9.59 Å². The average Bonchev–Trinajstić information content (AvgIpc) is 2.38. The van der Waals surface area contributed by atoms with E-state index in [1.807, 2.05) is 30.3 Å². The monoisotopic (exact) mass is 283 g/mol. The molecule has 0 aliphatic rings. The Labute approximate surface area is 116 Å². The zero-order chi connectivity index (χ0) is 14.1. The van der Waals surface area contributed by atoms with Crippen LogP contribution in [0.15, 0.2) is 30.3 Å². The highest BCUT2D eigenvalue weighted by Crippen LogP contribution is 2.04. The van der Waals surface area contributed by atoms with Crippen LogP contribution in [0.4, 0.5) is 0 Å². The minimum absolute atomic E-state index is 0.0809. The number of hydrogen-bond acceptors (Lipinski definition) is 4. The molecule has 3 N–H and O–H groups in total. The molecule has 104 valence electrons. The summed E-state index contributed by atoms with van der Waals surface area (Å²) in [4.78, 5) is 21.9. The molecular formula is C13H17NO4S. The first-order chi connectivity index (χ1) is 9.11. The Morgan fingerprint density at radius 2 is 1.89 bits per heavy atom. The third-order valence-electron chi connectivity index (χ3n) is 2.37. The minimum atomic E-state index is -0.944. The van der Waals surface area contributed by atoms with Gasteiger partial charge in [0.2, 0.25) is 5.91 Å². The third-order valence-corrected chi connectivity index (χ3v) is 3.29. The van der Waals surface area contributed by atoms with E-state index in [4.69, 9.17) is 5.11 Å². The lowest BCUT2D eigenvalue weighted by Crippen LogP contribution is -2.40. The minimum Gasteiger partial charge on any atom is -0.481 e. The zero-order valence-electron chi connectivity index (χ0n) is 10.4. The number of benzene rings is 1. The van der Waals surface area contributed by atoms with Crippen molar-refractivity contribution in [1.29, 1.82) is 0 Å². The van der Waals surface area contributed by atoms with Gasteiger partial charge in [0.15, 0.2) is 0 Å². The predicted octanol–water partition coefficient (Wildman–Crippen LogP) is 0.524. The number of rotatable bonds is 8. The Morgan fingerprint density at radius 1 is 1.21 bits per heavy atom. The first-order valence-corrected chi connectivity index (χ1v) is 7.01. The van der Waals surface area contributed by atoms with Crippen molar-refractivity contribution in [2.24, 2.45) is 0 Å². The number of hydrogen-bond donors (Lipinski definition) is 3. The molecule has 5 nitrogen and oxygen atoms in total. The van der Waals surface area contributed by atoms with Crippen LogP contribution in [0, 0.1) is 0 Å². The molecule has 6 heteroatoms. The molecule has 0 heterocycles. The molecule has 0 spiro atoms. The average molecular weight is 283 g/mol. The van der Waals surface area contributed by atoms with Gasteiger partial charge in [-0.15, -0.1) is 11.8 Å². The molecular weight excluding hydrogens is 266 g/mol. The molecule has 1 amide bonds. The number of carbonyl (C=O) groups is 2. The Kier molecular flexibility index (Phi) is 6.99. The predicted molar refractivity (Wildman–Crippen MR) is 74.1 cm³/mol. The fraction of sp³-hybridized carbons (Fsp3) is 0.385. The van der Waals surface area contributed by atoms with Gasteiger partial charge in [-0.25, -0.2) is 0 Å². The molecule has 0 radical (unpaired) electrons. The molecule has 0 fully saturated rings. The van der Waals surface area contributed by atoms with Crippen LogP contribution in [0.25, 0.3) is 0 Å². The number of carboxylic acids is 1. The molecule has 1 atom stereocenters. The summed E-state index contributed by atoms with van der Waals surface area (Å²) in [6.45, 7) is -0.149. The lowest BCUT2D eigenvalue weighted by molar-refractivity contribution is -0.133. The molecule has 0 aromatic heterocycles. The summed E-state index contributed by atoms with van der Waals surface area (Å²) >= 11 is 1.04. The van der Waals surface area contributed by atoms with E-state index in [0.717, 1.165) is 17.3 Å². The van der Waals surface area contributed by atoms with E-state index >= 15 is 0 Å². The number of aliphatic hydroxyl groups is 1. The Bertz CT molecular complexity index is 410. The maximum Gasteiger partial charge on any atom is 0.313 e. The first-order valence-electron chi connectivity index (χ1n) is 5.85. The number of aliphatic carboxylic acids is 1. The van der Waals surface area contributed by atoms with Crippen molar-refractivity contribution in [3.05, 3.63) is 35.9 Å². The fourth-order valence-electron chi connectivity index (χ4n) is 1.56. The van der Waals surface area contributed by atoms with Crippen molar-refractivity contribution >= 4 is 23.6 Å². The van der Waals surface area contributed by atoms with Crippen LogP contribution in [-0.4, -0.2) is 46.2 Å². The van der Waals surface area contributed by atoms with E-state index < -0.39 is 5.97 Å². The van der Waals surface area contributed by atoms with Crippen molar-refractivity contribution in [1.82, 2.24) is 5.32 Å². The summed E-state index contributed by atoms with van der Waals surface area (Å²) in [5, 5.41) is 20.4. The second-order valence-electron chi connectivity index (χ2n) is 4.02. The van der Waals surface area contributed by atoms with E-state index in [2.05, 4.69) is 5.32 Å². The zero-order valence-corrected chi connectivity index (χ0v) is 11.2. The highest BCUT2D eigenvalue weighted by atomic mass is 32.2. The van der Waals surface area contributed by atoms with Gasteiger partial charge in [0.1, 0.15) is 0 Å². The summed E-state index contributed by atoms with van der Waals surface area (Å²) < 4.78 is 0. The second kappa shape index (κ2) is 8.55. The lowest BCUT2D eigenvalue weighted by atomic mass is 10.1. The second-order valence-corrected chi connectivity index (χ2v) is 5.01. The van der Waals surface area contributed by atoms with Gasteiger partial charge in [0.05, 0.1) is 24.2 Å². The fourth-order valence-corrected chi connectivity index (χ4v) is 2.11. The van der Waals surface area contributed by atoms with E-state index in [0.29, 0.717) is 6.42 Å². The SMILES string of the molecule is O=C(O)CSCC(=O)N[C@H](CO)Cc1ccccc1. The largest absolute Gasteiger partial charge is 0.481 e. The van der Waals surface area contributed by atoms with Crippen molar-refractivity contribution < 1.29 is 19.8 Å². The van der Waals surface area contributed by atoms with Crippen LogP contribution in [0.5, 0.6) is 0 Å². The Hall–Kier alpha value is -1.53.